The Morgan fingerprint density at radius 3 is 2.77 bits per heavy atom. The molecule has 0 saturated heterocycles. The van der Waals surface area contributed by atoms with Gasteiger partial charge in [0.15, 0.2) is 5.84 Å². The van der Waals surface area contributed by atoms with Crippen molar-refractivity contribution in [1.82, 2.24) is 9.55 Å². The monoisotopic (exact) mass is 286 g/mol. The van der Waals surface area contributed by atoms with Crippen LogP contribution < -0.4 is 5.56 Å². The smallest absolute Gasteiger partial charge is 0.263 e. The second-order valence-corrected chi connectivity index (χ2v) is 5.37. The Kier molecular flexibility index (Phi) is 2.09. The van der Waals surface area contributed by atoms with Gasteiger partial charge in [-0.2, -0.15) is 0 Å². The van der Waals surface area contributed by atoms with Crippen LogP contribution in [0.25, 0.3) is 27.2 Å². The number of rotatable bonds is 0. The largest absolute Gasteiger partial charge is 0.271 e. The summed E-state index contributed by atoms with van der Waals surface area (Å²) < 4.78 is 1.61. The Labute approximate surface area is 125 Å². The minimum Gasteiger partial charge on any atom is -0.271 e. The van der Waals surface area contributed by atoms with Crippen LogP contribution in [0.3, 0.4) is 0 Å². The molecule has 104 valence electrons. The molecule has 22 heavy (non-hydrogen) atoms. The first-order valence-corrected chi connectivity index (χ1v) is 7.04. The highest BCUT2D eigenvalue weighted by Gasteiger charge is 2.23. The van der Waals surface area contributed by atoms with E-state index in [-0.39, 0.29) is 12.2 Å². The summed E-state index contributed by atoms with van der Waals surface area (Å²) >= 11 is 0. The van der Waals surface area contributed by atoms with Gasteiger partial charge in [-0.1, -0.05) is 24.3 Å². The maximum atomic E-state index is 12.8. The molecule has 0 unspecified atom stereocenters. The molecule has 0 bridgehead atoms. The normalized spacial score (nSPS) is 15.6. The molecule has 0 spiro atoms. The van der Waals surface area contributed by atoms with Crippen molar-refractivity contribution in [3.8, 4) is 0 Å². The summed E-state index contributed by atoms with van der Waals surface area (Å²) in [6, 6.07) is 11.9. The van der Waals surface area contributed by atoms with Crippen molar-refractivity contribution in [3.63, 3.8) is 0 Å². The number of nitrogens with zero attached hydrogens (tertiary/aromatic N) is 4. The summed E-state index contributed by atoms with van der Waals surface area (Å²) in [6.45, 7) is 0.272. The molecule has 1 aromatic heterocycles. The number of hydrogen-bond donors (Lipinski definition) is 0. The molecule has 2 aliphatic rings. The SMILES string of the molecule is O=c1c2cc3ccccc3cc2nc2n1CN=C1N=CC=C12. The van der Waals surface area contributed by atoms with E-state index < -0.39 is 0 Å². The minimum atomic E-state index is -0.0543. The zero-order valence-corrected chi connectivity index (χ0v) is 11.5. The first-order valence-electron chi connectivity index (χ1n) is 7.04. The van der Waals surface area contributed by atoms with Crippen molar-refractivity contribution < 1.29 is 0 Å². The highest BCUT2D eigenvalue weighted by Crippen LogP contribution is 2.25. The van der Waals surface area contributed by atoms with E-state index in [4.69, 9.17) is 4.98 Å². The molecule has 0 N–H and O–H groups in total. The van der Waals surface area contributed by atoms with Gasteiger partial charge in [0.25, 0.3) is 5.56 Å². The van der Waals surface area contributed by atoms with Crippen molar-refractivity contribution in [1.29, 1.82) is 0 Å². The predicted octanol–water partition coefficient (Wildman–Crippen LogP) is 2.39. The van der Waals surface area contributed by atoms with Gasteiger partial charge in [0.1, 0.15) is 12.5 Å². The van der Waals surface area contributed by atoms with Crippen molar-refractivity contribution in [3.05, 3.63) is 58.7 Å². The Balaban J connectivity index is 1.91. The van der Waals surface area contributed by atoms with Crippen LogP contribution in [0.4, 0.5) is 0 Å². The molecule has 3 aromatic rings. The van der Waals surface area contributed by atoms with E-state index in [0.29, 0.717) is 22.6 Å². The molecule has 3 heterocycles. The Hall–Kier alpha value is -3.08. The van der Waals surface area contributed by atoms with Crippen molar-refractivity contribution >= 4 is 39.3 Å². The van der Waals surface area contributed by atoms with Crippen LogP contribution >= 0.6 is 0 Å². The zero-order valence-electron chi connectivity index (χ0n) is 11.5. The molecule has 0 saturated carbocycles. The second kappa shape index (κ2) is 3.98. The molecular weight excluding hydrogens is 276 g/mol. The lowest BCUT2D eigenvalue weighted by Crippen LogP contribution is -2.28. The summed E-state index contributed by atoms with van der Waals surface area (Å²) in [7, 11) is 0. The van der Waals surface area contributed by atoms with Crippen LogP contribution in [0.15, 0.2) is 57.3 Å². The topological polar surface area (TPSA) is 59.6 Å². The maximum absolute atomic E-state index is 12.8. The molecule has 0 radical (unpaired) electrons. The standard InChI is InChI=1S/C17H10N4O/c22-17-13-7-10-3-1-2-4-11(10)8-14(13)20-16-12-5-6-18-15(12)19-9-21(16)17/h1-8H,9H2. The van der Waals surface area contributed by atoms with E-state index in [1.807, 2.05) is 42.5 Å². The van der Waals surface area contributed by atoms with Crippen LogP contribution in [-0.2, 0) is 6.67 Å². The van der Waals surface area contributed by atoms with Gasteiger partial charge in [-0.05, 0) is 29.0 Å². The fraction of sp³-hybridized carbons (Fsp3) is 0.0588. The summed E-state index contributed by atoms with van der Waals surface area (Å²) in [5, 5.41) is 2.74. The molecule has 0 amide bonds. The number of aromatic nitrogens is 2. The van der Waals surface area contributed by atoms with Gasteiger partial charge in [-0.25, -0.2) is 15.0 Å². The van der Waals surface area contributed by atoms with Crippen molar-refractivity contribution in [2.45, 2.75) is 6.67 Å². The average Bonchev–Trinajstić information content (AvgIpc) is 3.03. The molecule has 5 nitrogen and oxygen atoms in total. The minimum absolute atomic E-state index is 0.0543. The van der Waals surface area contributed by atoms with Crippen LogP contribution in [0.1, 0.15) is 5.82 Å². The van der Waals surface area contributed by atoms with Crippen LogP contribution in [-0.4, -0.2) is 21.6 Å². The first kappa shape index (κ1) is 11.6. The number of hydrogen-bond acceptors (Lipinski definition) is 4. The third-order valence-electron chi connectivity index (χ3n) is 4.10. The maximum Gasteiger partial charge on any atom is 0.263 e. The fourth-order valence-electron chi connectivity index (χ4n) is 3.01. The lowest BCUT2D eigenvalue weighted by Gasteiger charge is -2.17. The van der Waals surface area contributed by atoms with E-state index >= 15 is 0 Å². The average molecular weight is 286 g/mol. The van der Waals surface area contributed by atoms with Crippen LogP contribution in [0.5, 0.6) is 0 Å². The van der Waals surface area contributed by atoms with Crippen LogP contribution in [0.2, 0.25) is 0 Å². The van der Waals surface area contributed by atoms with Gasteiger partial charge in [0, 0.05) is 6.21 Å². The highest BCUT2D eigenvalue weighted by molar-refractivity contribution is 6.30. The second-order valence-electron chi connectivity index (χ2n) is 5.37. The van der Waals surface area contributed by atoms with E-state index in [2.05, 4.69) is 9.98 Å². The molecule has 5 rings (SSSR count). The number of allylic oxidation sites excluding steroid dienone is 1. The van der Waals surface area contributed by atoms with Gasteiger partial charge in [0.05, 0.1) is 16.5 Å². The first-order chi connectivity index (χ1) is 10.8. The third kappa shape index (κ3) is 1.42. The molecule has 2 aliphatic heterocycles. The number of amidine groups is 1. The molecule has 5 heteroatoms. The van der Waals surface area contributed by atoms with E-state index in [1.165, 1.54) is 0 Å². The summed E-state index contributed by atoms with van der Waals surface area (Å²) in [5.41, 5.74) is 1.48. The van der Waals surface area contributed by atoms with Gasteiger partial charge in [-0.3, -0.25) is 9.36 Å². The zero-order chi connectivity index (χ0) is 14.7. The Morgan fingerprint density at radius 2 is 1.91 bits per heavy atom. The Morgan fingerprint density at radius 1 is 1.09 bits per heavy atom. The number of aliphatic imine (C=N–C) groups is 2. The number of benzene rings is 2. The van der Waals surface area contributed by atoms with Crippen molar-refractivity contribution in [2.75, 3.05) is 0 Å². The summed E-state index contributed by atoms with van der Waals surface area (Å²) in [5.74, 6) is 1.31. The van der Waals surface area contributed by atoms with Crippen molar-refractivity contribution in [2.24, 2.45) is 9.98 Å². The molecular formula is C17H10N4O. The molecule has 0 fully saturated rings. The van der Waals surface area contributed by atoms with Gasteiger partial charge >= 0.3 is 0 Å². The third-order valence-corrected chi connectivity index (χ3v) is 4.10. The van der Waals surface area contributed by atoms with E-state index in [0.717, 1.165) is 16.3 Å². The highest BCUT2D eigenvalue weighted by atomic mass is 16.1. The Bertz CT molecular complexity index is 1120. The van der Waals surface area contributed by atoms with Crippen LogP contribution in [0, 0.1) is 0 Å². The molecule has 0 aliphatic carbocycles. The lowest BCUT2D eigenvalue weighted by molar-refractivity contribution is 0.674. The quantitative estimate of drug-likeness (QED) is 0.596. The number of fused-ring (bicyclic) bond motifs is 5. The summed E-state index contributed by atoms with van der Waals surface area (Å²) in [6.07, 6.45) is 3.55. The molecule has 2 aromatic carbocycles. The van der Waals surface area contributed by atoms with Gasteiger partial charge < -0.3 is 0 Å². The van der Waals surface area contributed by atoms with E-state index in [1.54, 1.807) is 10.8 Å². The van der Waals surface area contributed by atoms with E-state index in [9.17, 15) is 4.79 Å². The van der Waals surface area contributed by atoms with Gasteiger partial charge in [-0.15, -0.1) is 0 Å². The molecule has 0 atom stereocenters. The van der Waals surface area contributed by atoms with Gasteiger partial charge in [0.2, 0.25) is 0 Å². The summed E-state index contributed by atoms with van der Waals surface area (Å²) in [4.78, 5) is 26.0. The fourth-order valence-corrected chi connectivity index (χ4v) is 3.01. The predicted molar refractivity (Wildman–Crippen MR) is 87.4 cm³/mol. The lowest BCUT2D eigenvalue weighted by atomic mass is 10.1.